The first-order valence-electron chi connectivity index (χ1n) is 9.44. The second-order valence-electron chi connectivity index (χ2n) is 7.35. The molecule has 0 spiro atoms. The maximum absolute atomic E-state index is 12.7. The Labute approximate surface area is 173 Å². The molecule has 0 unspecified atom stereocenters. The molecule has 3 aromatic rings. The summed E-state index contributed by atoms with van der Waals surface area (Å²) in [5.41, 5.74) is 3.65. The number of nitrogens with zero attached hydrogens (tertiary/aromatic N) is 4. The Morgan fingerprint density at radius 3 is 2.79 bits per heavy atom. The average molecular weight is 413 g/mol. The highest BCUT2D eigenvalue weighted by Gasteiger charge is 2.30. The van der Waals surface area contributed by atoms with Crippen LogP contribution in [0.3, 0.4) is 0 Å². The monoisotopic (exact) mass is 412 g/mol. The number of amides is 1. The van der Waals surface area contributed by atoms with E-state index in [0.717, 1.165) is 28.7 Å². The molecule has 1 saturated carbocycles. The van der Waals surface area contributed by atoms with Crippen LogP contribution in [0.5, 0.6) is 0 Å². The van der Waals surface area contributed by atoms with E-state index >= 15 is 0 Å². The van der Waals surface area contributed by atoms with E-state index in [4.69, 9.17) is 0 Å². The maximum atomic E-state index is 12.7. The molecule has 0 atom stereocenters. The minimum absolute atomic E-state index is 0.105. The van der Waals surface area contributed by atoms with Gasteiger partial charge in [-0.05, 0) is 49.3 Å². The number of aryl methyl sites for hydroxylation is 2. The highest BCUT2D eigenvalue weighted by atomic mass is 32.2. The van der Waals surface area contributed by atoms with Gasteiger partial charge in [-0.25, -0.2) is 0 Å². The molecule has 7 heteroatoms. The molecule has 4 rings (SSSR count). The fraction of sp³-hybridized carbons (Fsp3) is 0.381. The van der Waals surface area contributed by atoms with Crippen LogP contribution in [0.1, 0.15) is 35.6 Å². The summed E-state index contributed by atoms with van der Waals surface area (Å²) in [7, 11) is 1.87. The quantitative estimate of drug-likeness (QED) is 0.528. The highest BCUT2D eigenvalue weighted by Crippen LogP contribution is 2.41. The predicted octanol–water partition coefficient (Wildman–Crippen LogP) is 4.71. The average Bonchev–Trinajstić information content (AvgIpc) is 3.19. The van der Waals surface area contributed by atoms with Crippen LogP contribution in [-0.2, 0) is 11.3 Å². The second-order valence-corrected chi connectivity index (χ2v) is 9.24. The van der Waals surface area contributed by atoms with Crippen molar-refractivity contribution in [1.29, 1.82) is 0 Å². The first kappa shape index (κ1) is 19.2. The molecule has 1 amide bonds. The molecule has 0 bridgehead atoms. The Kier molecular flexibility index (Phi) is 5.55. The van der Waals surface area contributed by atoms with Crippen molar-refractivity contribution in [2.45, 2.75) is 44.4 Å². The number of thioether (sulfide) groups is 1. The molecule has 2 heterocycles. The number of benzene rings is 1. The van der Waals surface area contributed by atoms with E-state index in [9.17, 15) is 4.79 Å². The first-order valence-corrected chi connectivity index (χ1v) is 11.3. The summed E-state index contributed by atoms with van der Waals surface area (Å²) in [6.07, 6.45) is 2.31. The lowest BCUT2D eigenvalue weighted by Crippen LogP contribution is -2.28. The van der Waals surface area contributed by atoms with E-state index in [-0.39, 0.29) is 5.91 Å². The lowest BCUT2D eigenvalue weighted by molar-refractivity contribution is -0.127. The molecule has 2 aromatic heterocycles. The second kappa shape index (κ2) is 8.09. The fourth-order valence-corrected chi connectivity index (χ4v) is 4.87. The van der Waals surface area contributed by atoms with Crippen molar-refractivity contribution in [2.75, 3.05) is 12.8 Å². The van der Waals surface area contributed by atoms with Crippen molar-refractivity contribution in [3.63, 3.8) is 0 Å². The van der Waals surface area contributed by atoms with Gasteiger partial charge in [-0.3, -0.25) is 9.36 Å². The minimum atomic E-state index is 0.105. The molecule has 5 nitrogen and oxygen atoms in total. The van der Waals surface area contributed by atoms with Crippen LogP contribution in [0.15, 0.2) is 40.9 Å². The van der Waals surface area contributed by atoms with Gasteiger partial charge >= 0.3 is 0 Å². The van der Waals surface area contributed by atoms with E-state index in [0.29, 0.717) is 18.3 Å². The molecule has 1 aliphatic carbocycles. The van der Waals surface area contributed by atoms with Crippen LogP contribution in [0.25, 0.3) is 10.7 Å². The van der Waals surface area contributed by atoms with Crippen molar-refractivity contribution in [3.05, 3.63) is 52.4 Å². The number of rotatable bonds is 7. The number of carbonyl (C=O) groups is 1. The lowest BCUT2D eigenvalue weighted by Gasteiger charge is -2.18. The summed E-state index contributed by atoms with van der Waals surface area (Å²) in [5.74, 6) is 1.40. The molecular formula is C21H24N4OS2. The summed E-state index contributed by atoms with van der Waals surface area (Å²) in [4.78, 5) is 15.6. The Bertz CT molecular complexity index is 976. The van der Waals surface area contributed by atoms with Gasteiger partial charge in [0.05, 0.1) is 10.6 Å². The van der Waals surface area contributed by atoms with E-state index in [1.165, 1.54) is 28.5 Å². The van der Waals surface area contributed by atoms with Gasteiger partial charge in [0.25, 0.3) is 0 Å². The largest absolute Gasteiger partial charge is 0.341 e. The molecule has 1 aliphatic rings. The van der Waals surface area contributed by atoms with E-state index < -0.39 is 0 Å². The summed E-state index contributed by atoms with van der Waals surface area (Å²) in [6, 6.07) is 10.9. The standard InChI is InChI=1S/C21H24N4OS2/c1-14-6-7-16(15(2)11-14)12-24(3)19(26)13-28-21-23-22-20(18-5-4-10-27-18)25(21)17-8-9-17/h4-7,10-11,17H,8-9,12-13H2,1-3H3. The van der Waals surface area contributed by atoms with Gasteiger partial charge in [0.1, 0.15) is 0 Å². The summed E-state index contributed by atoms with van der Waals surface area (Å²) in [5, 5.41) is 11.7. The van der Waals surface area contributed by atoms with Crippen LogP contribution in [0.2, 0.25) is 0 Å². The zero-order valence-corrected chi connectivity index (χ0v) is 18.0. The van der Waals surface area contributed by atoms with Gasteiger partial charge in [0.2, 0.25) is 5.91 Å². The molecule has 1 fully saturated rings. The number of hydrogen-bond acceptors (Lipinski definition) is 5. The van der Waals surface area contributed by atoms with Gasteiger partial charge in [0, 0.05) is 19.6 Å². The predicted molar refractivity (Wildman–Crippen MR) is 115 cm³/mol. The van der Waals surface area contributed by atoms with E-state index in [1.807, 2.05) is 13.1 Å². The first-order chi connectivity index (χ1) is 13.5. The summed E-state index contributed by atoms with van der Waals surface area (Å²) >= 11 is 3.16. The number of hydrogen-bond donors (Lipinski definition) is 0. The molecule has 1 aromatic carbocycles. The van der Waals surface area contributed by atoms with Gasteiger partial charge in [0.15, 0.2) is 11.0 Å². The molecular weight excluding hydrogens is 388 g/mol. The smallest absolute Gasteiger partial charge is 0.233 e. The van der Waals surface area contributed by atoms with Crippen molar-refractivity contribution in [3.8, 4) is 10.7 Å². The third-order valence-corrected chi connectivity index (χ3v) is 6.77. The van der Waals surface area contributed by atoms with Crippen LogP contribution < -0.4 is 0 Å². The van der Waals surface area contributed by atoms with Crippen molar-refractivity contribution in [1.82, 2.24) is 19.7 Å². The number of carbonyl (C=O) groups excluding carboxylic acids is 1. The molecule has 28 heavy (non-hydrogen) atoms. The van der Waals surface area contributed by atoms with Crippen molar-refractivity contribution in [2.24, 2.45) is 0 Å². The topological polar surface area (TPSA) is 51.0 Å². The Morgan fingerprint density at radius 1 is 1.29 bits per heavy atom. The number of aromatic nitrogens is 3. The molecule has 0 saturated heterocycles. The fourth-order valence-electron chi connectivity index (χ4n) is 3.21. The van der Waals surface area contributed by atoms with Crippen molar-refractivity contribution < 1.29 is 4.79 Å². The molecule has 0 N–H and O–H groups in total. The lowest BCUT2D eigenvalue weighted by atomic mass is 10.1. The van der Waals surface area contributed by atoms with Gasteiger partial charge < -0.3 is 4.90 Å². The van der Waals surface area contributed by atoms with Crippen molar-refractivity contribution >= 4 is 29.0 Å². The van der Waals surface area contributed by atoms with Gasteiger partial charge in [-0.2, -0.15) is 0 Å². The van der Waals surface area contributed by atoms with Crippen LogP contribution in [0.4, 0.5) is 0 Å². The molecule has 0 radical (unpaired) electrons. The summed E-state index contributed by atoms with van der Waals surface area (Å²) in [6.45, 7) is 4.81. The molecule has 146 valence electrons. The van der Waals surface area contributed by atoms with Gasteiger partial charge in [-0.1, -0.05) is 41.6 Å². The number of thiophene rings is 1. The maximum Gasteiger partial charge on any atom is 0.233 e. The zero-order chi connectivity index (χ0) is 19.7. The third kappa shape index (κ3) is 4.15. The van der Waals surface area contributed by atoms with Crippen LogP contribution in [0, 0.1) is 13.8 Å². The minimum Gasteiger partial charge on any atom is -0.341 e. The Morgan fingerprint density at radius 2 is 2.11 bits per heavy atom. The van der Waals surface area contributed by atoms with Crippen LogP contribution in [-0.4, -0.2) is 38.4 Å². The van der Waals surface area contributed by atoms with E-state index in [2.05, 4.69) is 58.3 Å². The van der Waals surface area contributed by atoms with Crippen LogP contribution >= 0.6 is 23.1 Å². The summed E-state index contributed by atoms with van der Waals surface area (Å²) < 4.78 is 2.22. The zero-order valence-electron chi connectivity index (χ0n) is 16.4. The third-order valence-electron chi connectivity index (χ3n) is 4.97. The molecule has 0 aliphatic heterocycles. The SMILES string of the molecule is Cc1ccc(CN(C)C(=O)CSc2nnc(-c3cccs3)n2C2CC2)c(C)c1. The van der Waals surface area contributed by atoms with Gasteiger partial charge in [-0.15, -0.1) is 21.5 Å². The van der Waals surface area contributed by atoms with E-state index in [1.54, 1.807) is 16.2 Å². The Balaban J connectivity index is 1.42. The normalized spacial score (nSPS) is 13.7. The Hall–Kier alpha value is -2.12. The highest BCUT2D eigenvalue weighted by molar-refractivity contribution is 7.99.